The third kappa shape index (κ3) is 9.47. The highest BCUT2D eigenvalue weighted by molar-refractivity contribution is 5.45. The maximum atomic E-state index is 5.91. The molecule has 0 bridgehead atoms. The quantitative estimate of drug-likeness (QED) is 0.120. The van der Waals surface area contributed by atoms with Crippen LogP contribution in [-0.2, 0) is 9.47 Å². The van der Waals surface area contributed by atoms with Gasteiger partial charge in [0, 0.05) is 11.1 Å². The standard InChI is InChI=1S/C27H41O3/c1-7-8-9-10-11-12-13-14-20-30-26-17-15-25(16-18-26)23(3)27(24(4)29-6)22(2)19-21-28-5/h15-19,21,23H,3-4,7-14,20H2,1-2,5-6H3/q+1/b21-19+,27-22-. The zero-order valence-electron chi connectivity index (χ0n) is 19.5. The molecule has 0 saturated carbocycles. The molecule has 1 atom stereocenters. The molecule has 0 saturated heterocycles. The Kier molecular flexibility index (Phi) is 13.3. The van der Waals surface area contributed by atoms with Crippen LogP contribution in [0.2, 0.25) is 0 Å². The zero-order valence-corrected chi connectivity index (χ0v) is 19.5. The minimum Gasteiger partial charge on any atom is -0.504 e. The second-order valence-electron chi connectivity index (χ2n) is 7.71. The van der Waals surface area contributed by atoms with Crippen LogP contribution in [0, 0.1) is 6.92 Å². The van der Waals surface area contributed by atoms with E-state index in [-0.39, 0.29) is 5.92 Å². The second-order valence-corrected chi connectivity index (χ2v) is 7.71. The maximum Gasteiger partial charge on any atom is 0.149 e. The Morgan fingerprint density at radius 2 is 1.60 bits per heavy atom. The van der Waals surface area contributed by atoms with E-state index in [4.69, 9.17) is 14.2 Å². The van der Waals surface area contributed by atoms with Crippen molar-refractivity contribution < 1.29 is 14.2 Å². The monoisotopic (exact) mass is 413 g/mol. The van der Waals surface area contributed by atoms with E-state index in [2.05, 4.69) is 32.6 Å². The van der Waals surface area contributed by atoms with Gasteiger partial charge >= 0.3 is 0 Å². The fourth-order valence-corrected chi connectivity index (χ4v) is 3.45. The van der Waals surface area contributed by atoms with Crippen LogP contribution in [0.4, 0.5) is 0 Å². The molecule has 1 rings (SSSR count). The molecule has 3 nitrogen and oxygen atoms in total. The first-order chi connectivity index (χ1) is 14.5. The summed E-state index contributed by atoms with van der Waals surface area (Å²) in [5, 5.41) is 0. The van der Waals surface area contributed by atoms with Crippen molar-refractivity contribution in [2.45, 2.75) is 71.1 Å². The van der Waals surface area contributed by atoms with E-state index in [9.17, 15) is 0 Å². The van der Waals surface area contributed by atoms with E-state index in [0.717, 1.165) is 35.5 Å². The molecule has 1 unspecified atom stereocenters. The molecular weight excluding hydrogens is 372 g/mol. The van der Waals surface area contributed by atoms with Crippen molar-refractivity contribution in [1.29, 1.82) is 0 Å². The number of ether oxygens (including phenoxy) is 3. The number of hydrogen-bond donors (Lipinski definition) is 0. The predicted molar refractivity (Wildman–Crippen MR) is 128 cm³/mol. The first kappa shape index (κ1) is 25.7. The Labute approximate surface area is 184 Å². The van der Waals surface area contributed by atoms with Crippen molar-refractivity contribution >= 4 is 0 Å². The number of rotatable bonds is 16. The molecule has 166 valence electrons. The van der Waals surface area contributed by atoms with Crippen LogP contribution < -0.4 is 4.74 Å². The summed E-state index contributed by atoms with van der Waals surface area (Å²) in [6.45, 7) is 13.4. The summed E-state index contributed by atoms with van der Waals surface area (Å²) < 4.78 is 16.4. The summed E-state index contributed by atoms with van der Waals surface area (Å²) >= 11 is 0. The summed E-state index contributed by atoms with van der Waals surface area (Å²) in [5.74, 6) is 1.42. The van der Waals surface area contributed by atoms with Gasteiger partial charge in [-0.2, -0.15) is 0 Å². The van der Waals surface area contributed by atoms with Gasteiger partial charge in [-0.05, 0) is 37.1 Å². The molecule has 0 aliphatic heterocycles. The van der Waals surface area contributed by atoms with Gasteiger partial charge < -0.3 is 14.2 Å². The largest absolute Gasteiger partial charge is 0.504 e. The molecule has 3 heteroatoms. The van der Waals surface area contributed by atoms with Crippen LogP contribution in [0.3, 0.4) is 0 Å². The summed E-state index contributed by atoms with van der Waals surface area (Å²) in [6.07, 6.45) is 14.0. The summed E-state index contributed by atoms with van der Waals surface area (Å²) in [6, 6.07) is 8.17. The Morgan fingerprint density at radius 3 is 2.17 bits per heavy atom. The highest BCUT2D eigenvalue weighted by atomic mass is 16.5. The van der Waals surface area contributed by atoms with Crippen molar-refractivity contribution in [2.75, 3.05) is 20.8 Å². The molecule has 0 fully saturated rings. The number of methoxy groups -OCH3 is 2. The smallest absolute Gasteiger partial charge is 0.149 e. The molecule has 1 aromatic rings. The van der Waals surface area contributed by atoms with Gasteiger partial charge in [-0.15, -0.1) is 0 Å². The Bertz CT molecular complexity index is 655. The normalized spacial score (nSPS) is 13.1. The van der Waals surface area contributed by atoms with E-state index in [1.807, 2.05) is 25.1 Å². The predicted octanol–water partition coefficient (Wildman–Crippen LogP) is 7.76. The average molecular weight is 414 g/mol. The fourth-order valence-electron chi connectivity index (χ4n) is 3.45. The second kappa shape index (κ2) is 15.5. The molecule has 0 aromatic heterocycles. The third-order valence-electron chi connectivity index (χ3n) is 5.32. The van der Waals surface area contributed by atoms with Gasteiger partial charge in [0.1, 0.15) is 17.4 Å². The van der Waals surface area contributed by atoms with Crippen molar-refractivity contribution in [3.8, 4) is 5.75 Å². The lowest BCUT2D eigenvalue weighted by molar-refractivity contribution is 0.299. The first-order valence-corrected chi connectivity index (χ1v) is 11.2. The molecular formula is C27H41O3+. The van der Waals surface area contributed by atoms with Crippen LogP contribution in [0.1, 0.15) is 76.7 Å². The van der Waals surface area contributed by atoms with Crippen LogP contribution in [0.5, 0.6) is 5.75 Å². The lowest BCUT2D eigenvalue weighted by Gasteiger charge is -2.16. The van der Waals surface area contributed by atoms with Crippen LogP contribution in [0.25, 0.3) is 0 Å². The van der Waals surface area contributed by atoms with E-state index in [0.29, 0.717) is 5.76 Å². The maximum absolute atomic E-state index is 5.91. The molecule has 0 heterocycles. The lowest BCUT2D eigenvalue weighted by Crippen LogP contribution is -2.05. The van der Waals surface area contributed by atoms with Gasteiger partial charge in [-0.25, -0.2) is 0 Å². The van der Waals surface area contributed by atoms with Crippen molar-refractivity contribution in [3.63, 3.8) is 0 Å². The van der Waals surface area contributed by atoms with Crippen molar-refractivity contribution in [3.05, 3.63) is 72.6 Å². The van der Waals surface area contributed by atoms with Crippen molar-refractivity contribution in [2.24, 2.45) is 0 Å². The first-order valence-electron chi connectivity index (χ1n) is 11.2. The van der Waals surface area contributed by atoms with Crippen molar-refractivity contribution in [1.82, 2.24) is 0 Å². The molecule has 0 N–H and O–H groups in total. The SMILES string of the molecule is C=C(OC)/C(=C(C)\C=C\OC)C([CH2+])c1ccc(OCCCCCCCCCC)cc1. The van der Waals surface area contributed by atoms with Gasteiger partial charge in [0.05, 0.1) is 34.0 Å². The third-order valence-corrected chi connectivity index (χ3v) is 5.32. The topological polar surface area (TPSA) is 27.7 Å². The average Bonchev–Trinajstić information content (AvgIpc) is 2.76. The zero-order chi connectivity index (χ0) is 22.2. The number of benzene rings is 1. The lowest BCUT2D eigenvalue weighted by atomic mass is 9.88. The van der Waals surface area contributed by atoms with Gasteiger partial charge in [0.25, 0.3) is 0 Å². The Balaban J connectivity index is 2.55. The summed E-state index contributed by atoms with van der Waals surface area (Å²) in [5.41, 5.74) is 3.06. The summed E-state index contributed by atoms with van der Waals surface area (Å²) in [7, 11) is 3.26. The molecule has 30 heavy (non-hydrogen) atoms. The van der Waals surface area contributed by atoms with E-state index in [1.165, 1.54) is 44.9 Å². The Hall–Kier alpha value is -2.29. The number of hydrogen-bond acceptors (Lipinski definition) is 3. The molecule has 0 aliphatic rings. The van der Waals surface area contributed by atoms with E-state index in [1.54, 1.807) is 20.5 Å². The summed E-state index contributed by atoms with van der Waals surface area (Å²) in [4.78, 5) is 0. The van der Waals surface area contributed by atoms with E-state index < -0.39 is 0 Å². The highest BCUT2D eigenvalue weighted by Gasteiger charge is 2.23. The van der Waals surface area contributed by atoms with Gasteiger partial charge in [0.2, 0.25) is 0 Å². The van der Waals surface area contributed by atoms with Gasteiger partial charge in [-0.1, -0.05) is 70.6 Å². The highest BCUT2D eigenvalue weighted by Crippen LogP contribution is 2.32. The van der Waals surface area contributed by atoms with Crippen LogP contribution in [0.15, 0.2) is 60.1 Å². The Morgan fingerprint density at radius 1 is 1.00 bits per heavy atom. The minimum atomic E-state index is -0.0966. The molecule has 1 aromatic carbocycles. The van der Waals surface area contributed by atoms with Gasteiger partial charge in [0.15, 0.2) is 0 Å². The number of allylic oxidation sites excluding steroid dienone is 3. The molecule has 0 amide bonds. The van der Waals surface area contributed by atoms with Gasteiger partial charge in [-0.3, -0.25) is 0 Å². The molecule has 0 aliphatic carbocycles. The van der Waals surface area contributed by atoms with Crippen LogP contribution >= 0.6 is 0 Å². The fraction of sp³-hybridized carbons (Fsp3) is 0.519. The minimum absolute atomic E-state index is 0.0966. The molecule has 0 radical (unpaired) electrons. The number of unbranched alkanes of at least 4 members (excludes halogenated alkanes) is 7. The van der Waals surface area contributed by atoms with E-state index >= 15 is 0 Å². The van der Waals surface area contributed by atoms with Crippen LogP contribution in [-0.4, -0.2) is 20.8 Å². The molecule has 0 spiro atoms.